The molecule has 1 rings (SSSR count). The van der Waals surface area contributed by atoms with Gasteiger partial charge in [0.1, 0.15) is 0 Å². The molecule has 0 saturated heterocycles. The first-order valence-corrected chi connectivity index (χ1v) is 5.89. The maximum atomic E-state index is 11.3. The van der Waals surface area contributed by atoms with Gasteiger partial charge in [-0.1, -0.05) is 13.3 Å². The van der Waals surface area contributed by atoms with E-state index in [-0.39, 0.29) is 12.6 Å². The van der Waals surface area contributed by atoms with Crippen molar-refractivity contribution in [3.8, 4) is 11.5 Å². The van der Waals surface area contributed by atoms with E-state index >= 15 is 0 Å². The lowest BCUT2D eigenvalue weighted by atomic mass is 10.3. The van der Waals surface area contributed by atoms with Gasteiger partial charge in [0.25, 0.3) is 0 Å². The molecule has 1 aromatic carbocycles. The van der Waals surface area contributed by atoms with Crippen LogP contribution in [0.1, 0.15) is 19.8 Å². The minimum atomic E-state index is -0.387. The van der Waals surface area contributed by atoms with E-state index in [4.69, 9.17) is 19.9 Å². The van der Waals surface area contributed by atoms with Gasteiger partial charge >= 0.3 is 5.97 Å². The topological polar surface area (TPSA) is 70.8 Å². The van der Waals surface area contributed by atoms with Crippen molar-refractivity contribution in [3.05, 3.63) is 18.2 Å². The molecule has 0 bridgehead atoms. The molecule has 100 valence electrons. The van der Waals surface area contributed by atoms with Crippen LogP contribution in [0.5, 0.6) is 11.5 Å². The average molecular weight is 253 g/mol. The monoisotopic (exact) mass is 253 g/mol. The quantitative estimate of drug-likeness (QED) is 0.457. The van der Waals surface area contributed by atoms with Gasteiger partial charge in [-0.2, -0.15) is 0 Å². The fourth-order valence-corrected chi connectivity index (χ4v) is 1.31. The summed E-state index contributed by atoms with van der Waals surface area (Å²) in [5.74, 6) is 0.581. The third-order valence-corrected chi connectivity index (χ3v) is 2.29. The minimum absolute atomic E-state index is 0.135. The Kier molecular flexibility index (Phi) is 5.84. The zero-order valence-electron chi connectivity index (χ0n) is 10.8. The van der Waals surface area contributed by atoms with E-state index in [0.717, 1.165) is 12.8 Å². The van der Waals surface area contributed by atoms with Crippen LogP contribution >= 0.6 is 0 Å². The second-order valence-corrected chi connectivity index (χ2v) is 3.77. The number of methoxy groups -OCH3 is 1. The third kappa shape index (κ3) is 4.53. The van der Waals surface area contributed by atoms with Crippen LogP contribution in [0, 0.1) is 0 Å². The summed E-state index contributed by atoms with van der Waals surface area (Å²) >= 11 is 0. The predicted octanol–water partition coefficient (Wildman–Crippen LogP) is 2.00. The molecular formula is C13H19NO4. The fourth-order valence-electron chi connectivity index (χ4n) is 1.31. The Bertz CT molecular complexity index is 393. The van der Waals surface area contributed by atoms with E-state index in [1.807, 2.05) is 6.92 Å². The number of anilines is 1. The Labute approximate surface area is 107 Å². The van der Waals surface area contributed by atoms with Crippen LogP contribution in [-0.4, -0.2) is 26.3 Å². The van der Waals surface area contributed by atoms with Crippen molar-refractivity contribution in [2.24, 2.45) is 0 Å². The van der Waals surface area contributed by atoms with Crippen LogP contribution in [0.25, 0.3) is 0 Å². The molecule has 5 heteroatoms. The first-order valence-electron chi connectivity index (χ1n) is 5.89. The van der Waals surface area contributed by atoms with Gasteiger partial charge in [-0.3, -0.25) is 0 Å². The molecule has 0 radical (unpaired) electrons. The van der Waals surface area contributed by atoms with Gasteiger partial charge in [0, 0.05) is 11.8 Å². The molecule has 0 atom stereocenters. The molecule has 2 N–H and O–H groups in total. The van der Waals surface area contributed by atoms with Crippen molar-refractivity contribution in [1.29, 1.82) is 0 Å². The molecule has 0 spiro atoms. The Balaban J connectivity index is 2.45. The molecule has 0 aromatic heterocycles. The number of esters is 1. The smallest absolute Gasteiger partial charge is 0.344 e. The molecule has 0 aliphatic rings. The highest BCUT2D eigenvalue weighted by molar-refractivity contribution is 5.71. The SMILES string of the molecule is CCCCOC(=O)COc1ccc(N)cc1OC. The molecule has 0 aliphatic heterocycles. The zero-order chi connectivity index (χ0) is 13.4. The molecule has 1 aromatic rings. The predicted molar refractivity (Wildman–Crippen MR) is 68.8 cm³/mol. The molecule has 0 fully saturated rings. The van der Waals surface area contributed by atoms with Gasteiger partial charge in [-0.05, 0) is 18.6 Å². The number of rotatable bonds is 7. The van der Waals surface area contributed by atoms with Crippen molar-refractivity contribution in [1.82, 2.24) is 0 Å². The van der Waals surface area contributed by atoms with Crippen molar-refractivity contribution >= 4 is 11.7 Å². The Morgan fingerprint density at radius 3 is 2.78 bits per heavy atom. The van der Waals surface area contributed by atoms with Gasteiger partial charge in [-0.25, -0.2) is 4.79 Å². The normalized spacial score (nSPS) is 9.89. The largest absolute Gasteiger partial charge is 0.493 e. The number of carbonyl (C=O) groups excluding carboxylic acids is 1. The number of nitrogens with two attached hydrogens (primary N) is 1. The van der Waals surface area contributed by atoms with Gasteiger partial charge in [0.05, 0.1) is 13.7 Å². The highest BCUT2D eigenvalue weighted by Gasteiger charge is 2.08. The Morgan fingerprint density at radius 2 is 2.11 bits per heavy atom. The average Bonchev–Trinajstić information content (AvgIpc) is 2.37. The van der Waals surface area contributed by atoms with Crippen LogP contribution in [-0.2, 0) is 9.53 Å². The van der Waals surface area contributed by atoms with Crippen molar-refractivity contribution in [2.75, 3.05) is 26.1 Å². The van der Waals surface area contributed by atoms with Crippen LogP contribution in [0.15, 0.2) is 18.2 Å². The zero-order valence-corrected chi connectivity index (χ0v) is 10.8. The molecule has 5 nitrogen and oxygen atoms in total. The summed E-state index contributed by atoms with van der Waals surface area (Å²) in [6.45, 7) is 2.32. The summed E-state index contributed by atoms with van der Waals surface area (Å²) in [4.78, 5) is 11.3. The summed E-state index contributed by atoms with van der Waals surface area (Å²) in [6.07, 6.45) is 1.84. The highest BCUT2D eigenvalue weighted by atomic mass is 16.6. The molecule has 18 heavy (non-hydrogen) atoms. The number of hydrogen-bond donors (Lipinski definition) is 1. The molecule has 0 unspecified atom stereocenters. The lowest BCUT2D eigenvalue weighted by Gasteiger charge is -2.10. The third-order valence-electron chi connectivity index (χ3n) is 2.29. The van der Waals surface area contributed by atoms with E-state index in [2.05, 4.69) is 0 Å². The number of benzene rings is 1. The maximum Gasteiger partial charge on any atom is 0.344 e. The van der Waals surface area contributed by atoms with E-state index in [0.29, 0.717) is 23.8 Å². The van der Waals surface area contributed by atoms with E-state index in [1.54, 1.807) is 18.2 Å². The Hall–Kier alpha value is -1.91. The van der Waals surface area contributed by atoms with Crippen LogP contribution in [0.3, 0.4) is 0 Å². The molecular weight excluding hydrogens is 234 g/mol. The van der Waals surface area contributed by atoms with E-state index in [1.165, 1.54) is 7.11 Å². The first-order chi connectivity index (χ1) is 8.67. The maximum absolute atomic E-state index is 11.3. The lowest BCUT2D eigenvalue weighted by Crippen LogP contribution is -2.15. The van der Waals surface area contributed by atoms with Gasteiger partial charge < -0.3 is 19.9 Å². The second kappa shape index (κ2) is 7.42. The highest BCUT2D eigenvalue weighted by Crippen LogP contribution is 2.28. The number of ether oxygens (including phenoxy) is 3. The van der Waals surface area contributed by atoms with E-state index in [9.17, 15) is 4.79 Å². The number of carbonyl (C=O) groups is 1. The number of nitrogen functional groups attached to an aromatic ring is 1. The molecule has 0 aliphatic carbocycles. The van der Waals surface area contributed by atoms with Gasteiger partial charge in [0.15, 0.2) is 18.1 Å². The van der Waals surface area contributed by atoms with Gasteiger partial charge in [0.2, 0.25) is 0 Å². The second-order valence-electron chi connectivity index (χ2n) is 3.77. The molecule has 0 heterocycles. The number of unbranched alkanes of at least 4 members (excludes halogenated alkanes) is 1. The number of hydrogen-bond acceptors (Lipinski definition) is 5. The molecule has 0 amide bonds. The van der Waals surface area contributed by atoms with Crippen LogP contribution in [0.2, 0.25) is 0 Å². The van der Waals surface area contributed by atoms with Crippen molar-refractivity contribution in [2.45, 2.75) is 19.8 Å². The summed E-state index contributed by atoms with van der Waals surface area (Å²) in [5.41, 5.74) is 6.19. The summed E-state index contributed by atoms with van der Waals surface area (Å²) < 4.78 is 15.4. The summed E-state index contributed by atoms with van der Waals surface area (Å²) in [6, 6.07) is 4.98. The molecule has 0 saturated carbocycles. The van der Waals surface area contributed by atoms with Crippen molar-refractivity contribution in [3.63, 3.8) is 0 Å². The van der Waals surface area contributed by atoms with E-state index < -0.39 is 0 Å². The van der Waals surface area contributed by atoms with Gasteiger partial charge in [-0.15, -0.1) is 0 Å². The van der Waals surface area contributed by atoms with Crippen LogP contribution in [0.4, 0.5) is 5.69 Å². The first kappa shape index (κ1) is 14.2. The van der Waals surface area contributed by atoms with Crippen molar-refractivity contribution < 1.29 is 19.0 Å². The van der Waals surface area contributed by atoms with Crippen LogP contribution < -0.4 is 15.2 Å². The fraction of sp³-hybridized carbons (Fsp3) is 0.462. The minimum Gasteiger partial charge on any atom is -0.493 e. The summed E-state index contributed by atoms with van der Waals surface area (Å²) in [7, 11) is 1.52. The summed E-state index contributed by atoms with van der Waals surface area (Å²) in [5, 5.41) is 0. The standard InChI is InChI=1S/C13H19NO4/c1-3-4-7-17-13(15)9-18-11-6-5-10(14)8-12(11)16-2/h5-6,8H,3-4,7,9,14H2,1-2H3. The lowest BCUT2D eigenvalue weighted by molar-refractivity contribution is -0.146. The Morgan fingerprint density at radius 1 is 1.33 bits per heavy atom.